The lowest BCUT2D eigenvalue weighted by molar-refractivity contribution is -0.379. The van der Waals surface area contributed by atoms with Gasteiger partial charge in [0.05, 0.1) is 38.6 Å². The molecule has 17 unspecified atom stereocenters. The largest absolute Gasteiger partial charge is 0.394 e. The van der Waals surface area contributed by atoms with E-state index < -0.39 is 124 Å². The monoisotopic (exact) mass is 1310 g/mol. The molecule has 1 amide bonds. The van der Waals surface area contributed by atoms with Crippen molar-refractivity contribution in [3.05, 3.63) is 72.9 Å². The summed E-state index contributed by atoms with van der Waals surface area (Å²) < 4.78 is 34.4. The molecule has 3 heterocycles. The molecule has 0 aliphatic carbocycles. The molecular formula is C73H129NO18. The molecule has 12 N–H and O–H groups in total. The van der Waals surface area contributed by atoms with E-state index in [-0.39, 0.29) is 18.9 Å². The zero-order valence-electron chi connectivity index (χ0n) is 56.5. The van der Waals surface area contributed by atoms with E-state index in [9.17, 15) is 61.0 Å². The van der Waals surface area contributed by atoms with Crippen LogP contribution in [0.4, 0.5) is 0 Å². The van der Waals surface area contributed by atoms with Crippen molar-refractivity contribution < 1.29 is 89.4 Å². The van der Waals surface area contributed by atoms with E-state index in [4.69, 9.17) is 28.4 Å². The van der Waals surface area contributed by atoms with Crippen LogP contribution >= 0.6 is 0 Å². The molecule has 3 aliphatic heterocycles. The Morgan fingerprint density at radius 3 is 1.17 bits per heavy atom. The first-order valence-corrected chi connectivity index (χ1v) is 36.2. The van der Waals surface area contributed by atoms with Crippen LogP contribution in [-0.2, 0) is 33.2 Å². The first-order chi connectivity index (χ1) is 44.8. The van der Waals surface area contributed by atoms with E-state index in [0.717, 1.165) is 89.9 Å². The second-order valence-corrected chi connectivity index (χ2v) is 25.7. The topological polar surface area (TPSA) is 307 Å². The van der Waals surface area contributed by atoms with E-state index in [1.54, 1.807) is 0 Å². The van der Waals surface area contributed by atoms with Crippen molar-refractivity contribution in [1.29, 1.82) is 0 Å². The highest BCUT2D eigenvalue weighted by molar-refractivity contribution is 5.76. The second-order valence-electron chi connectivity index (χ2n) is 25.7. The predicted octanol–water partition coefficient (Wildman–Crippen LogP) is 10.1. The molecule has 19 heteroatoms. The number of aliphatic hydroxyl groups is 11. The van der Waals surface area contributed by atoms with Crippen LogP contribution in [0, 0.1) is 0 Å². The lowest BCUT2D eigenvalue weighted by atomic mass is 9.96. The van der Waals surface area contributed by atoms with Gasteiger partial charge in [0.2, 0.25) is 5.91 Å². The minimum Gasteiger partial charge on any atom is -0.394 e. The number of rotatable bonds is 55. The number of ether oxygens (including phenoxy) is 6. The van der Waals surface area contributed by atoms with Crippen LogP contribution in [0.1, 0.15) is 251 Å². The highest BCUT2D eigenvalue weighted by atomic mass is 16.8. The third-order valence-electron chi connectivity index (χ3n) is 17.8. The number of carbonyl (C=O) groups excluding carboxylic acids is 1. The SMILES string of the molecule is CC/C=C\C/C=C\C/C=C\C/C=C\C/C=C\C/C=C\CCCCCCCCCCCCCCC(=O)NC(COC1OC(CO)C(OC2OC(CO)C(OC3OC(CO)C(O)C(O)C3O)C(O)C2O)C(O)C1O)C(O)CCCCCCCCCCCCCCCCCC. The number of amides is 1. The Hall–Kier alpha value is -2.77. The average Bonchev–Trinajstić information content (AvgIpc) is 0.834. The maximum absolute atomic E-state index is 13.4. The molecule has 17 atom stereocenters. The van der Waals surface area contributed by atoms with Crippen molar-refractivity contribution in [2.75, 3.05) is 26.4 Å². The summed E-state index contributed by atoms with van der Waals surface area (Å²) in [7, 11) is 0. The van der Waals surface area contributed by atoms with Crippen molar-refractivity contribution in [1.82, 2.24) is 5.32 Å². The molecule has 534 valence electrons. The zero-order valence-corrected chi connectivity index (χ0v) is 56.5. The fraction of sp³-hybridized carbons (Fsp3) is 0.822. The molecule has 19 nitrogen and oxygen atoms in total. The van der Waals surface area contributed by atoms with Gasteiger partial charge in [0.1, 0.15) is 73.2 Å². The zero-order chi connectivity index (χ0) is 66.8. The Balaban J connectivity index is 1.38. The van der Waals surface area contributed by atoms with Gasteiger partial charge < -0.3 is 89.9 Å². The third-order valence-corrected chi connectivity index (χ3v) is 17.8. The van der Waals surface area contributed by atoms with Crippen LogP contribution in [0.3, 0.4) is 0 Å². The van der Waals surface area contributed by atoms with E-state index in [0.29, 0.717) is 12.8 Å². The molecule has 0 saturated carbocycles. The van der Waals surface area contributed by atoms with Gasteiger partial charge >= 0.3 is 0 Å². The fourth-order valence-corrected chi connectivity index (χ4v) is 12.0. The van der Waals surface area contributed by atoms with Gasteiger partial charge in [0.15, 0.2) is 18.9 Å². The van der Waals surface area contributed by atoms with Crippen molar-refractivity contribution >= 4 is 5.91 Å². The lowest BCUT2D eigenvalue weighted by Gasteiger charge is -2.48. The highest BCUT2D eigenvalue weighted by Gasteiger charge is 2.53. The average molecular weight is 1310 g/mol. The van der Waals surface area contributed by atoms with Crippen molar-refractivity contribution in [2.45, 2.75) is 356 Å². The van der Waals surface area contributed by atoms with Gasteiger partial charge in [-0.3, -0.25) is 4.79 Å². The van der Waals surface area contributed by atoms with Crippen molar-refractivity contribution in [3.8, 4) is 0 Å². The van der Waals surface area contributed by atoms with E-state index in [1.807, 2.05) is 0 Å². The molecule has 0 radical (unpaired) electrons. The standard InChI is InChI=1S/C73H129NO18/c1-3-5-7-9-11-13-15-17-19-21-22-23-24-25-26-27-28-29-30-31-32-33-34-35-37-39-41-43-45-47-49-51-61(79)74-56(57(78)50-48-46-44-42-40-38-36-20-18-16-14-12-10-8-6-4-2)55-87-71-67(85)64(82)69(59(53-76)89-71)92-73-68(86)65(83)70(60(54-77)90-73)91-72-66(84)63(81)62(80)58(52-75)88-72/h5,7,11,13,17,19,22-23,25-26,28-29,56-60,62-73,75-78,80-86H,3-4,6,8-10,12,14-16,18,20-21,24,27,30-55H2,1-2H3,(H,74,79)/b7-5-,13-11-,19-17-,23-22-,26-25-,29-28-. The fourth-order valence-electron chi connectivity index (χ4n) is 12.0. The predicted molar refractivity (Wildman–Crippen MR) is 360 cm³/mol. The summed E-state index contributed by atoms with van der Waals surface area (Å²) in [5.74, 6) is -0.246. The van der Waals surface area contributed by atoms with Crippen molar-refractivity contribution in [2.24, 2.45) is 0 Å². The lowest BCUT2D eigenvalue weighted by Crippen LogP contribution is -2.66. The molecule has 0 spiro atoms. The van der Waals surface area contributed by atoms with Crippen molar-refractivity contribution in [3.63, 3.8) is 0 Å². The minimum absolute atomic E-state index is 0.246. The molecule has 0 aromatic rings. The number of carbonyl (C=O) groups is 1. The number of hydrogen-bond donors (Lipinski definition) is 12. The summed E-state index contributed by atoms with van der Waals surface area (Å²) >= 11 is 0. The van der Waals surface area contributed by atoms with E-state index in [1.165, 1.54) is 128 Å². The summed E-state index contributed by atoms with van der Waals surface area (Å²) in [6.07, 6.45) is 41.2. The Bertz CT molecular complexity index is 1950. The summed E-state index contributed by atoms with van der Waals surface area (Å²) in [5, 5.41) is 121. The maximum Gasteiger partial charge on any atom is 0.220 e. The molecule has 3 saturated heterocycles. The third kappa shape index (κ3) is 35.5. The van der Waals surface area contributed by atoms with Crippen LogP contribution < -0.4 is 5.32 Å². The van der Waals surface area contributed by atoms with Gasteiger partial charge in [-0.1, -0.05) is 254 Å². The van der Waals surface area contributed by atoms with E-state index in [2.05, 4.69) is 92.1 Å². The molecule has 92 heavy (non-hydrogen) atoms. The van der Waals surface area contributed by atoms with Crippen LogP contribution in [0.25, 0.3) is 0 Å². The molecular weight excluding hydrogens is 1180 g/mol. The Kier molecular flexibility index (Phi) is 49.2. The van der Waals surface area contributed by atoms with Gasteiger partial charge in [0.25, 0.3) is 0 Å². The number of aliphatic hydroxyl groups excluding tert-OH is 11. The summed E-state index contributed by atoms with van der Waals surface area (Å²) in [4.78, 5) is 13.4. The van der Waals surface area contributed by atoms with Crippen LogP contribution in [0.2, 0.25) is 0 Å². The summed E-state index contributed by atoms with van der Waals surface area (Å²) in [6, 6.07) is -0.892. The maximum atomic E-state index is 13.4. The van der Waals surface area contributed by atoms with Crippen LogP contribution in [0.15, 0.2) is 72.9 Å². The first kappa shape index (κ1) is 83.5. The second kappa shape index (κ2) is 54.3. The number of unbranched alkanes of at least 4 members (excludes halogenated alkanes) is 27. The Labute approximate surface area is 553 Å². The highest BCUT2D eigenvalue weighted by Crippen LogP contribution is 2.33. The molecule has 0 aromatic carbocycles. The van der Waals surface area contributed by atoms with Gasteiger partial charge in [-0.05, 0) is 64.2 Å². The summed E-state index contributed by atoms with van der Waals surface area (Å²) in [6.45, 7) is 1.69. The Morgan fingerprint density at radius 1 is 0.402 bits per heavy atom. The molecule has 3 fully saturated rings. The molecule has 0 aromatic heterocycles. The van der Waals surface area contributed by atoms with Gasteiger partial charge in [-0.2, -0.15) is 0 Å². The van der Waals surface area contributed by atoms with Gasteiger partial charge in [-0.15, -0.1) is 0 Å². The minimum atomic E-state index is -1.97. The molecule has 3 rings (SSSR count). The molecule has 0 bridgehead atoms. The molecule has 3 aliphatic rings. The van der Waals surface area contributed by atoms with Crippen LogP contribution in [0.5, 0.6) is 0 Å². The van der Waals surface area contributed by atoms with Gasteiger partial charge in [0, 0.05) is 6.42 Å². The number of nitrogens with one attached hydrogen (secondary N) is 1. The summed E-state index contributed by atoms with van der Waals surface area (Å²) in [5.41, 5.74) is 0. The quantitative estimate of drug-likeness (QED) is 0.0199. The Morgan fingerprint density at radius 2 is 0.750 bits per heavy atom. The smallest absolute Gasteiger partial charge is 0.220 e. The normalized spacial score (nSPS) is 28.1. The van der Waals surface area contributed by atoms with Crippen LogP contribution in [-0.4, -0.2) is 193 Å². The number of hydrogen-bond acceptors (Lipinski definition) is 18. The van der Waals surface area contributed by atoms with E-state index >= 15 is 0 Å². The number of allylic oxidation sites excluding steroid dienone is 12. The van der Waals surface area contributed by atoms with Gasteiger partial charge in [-0.25, -0.2) is 0 Å². The first-order valence-electron chi connectivity index (χ1n) is 36.2.